The van der Waals surface area contributed by atoms with Crippen molar-refractivity contribution in [3.63, 3.8) is 0 Å². The molecular weight excluding hydrogens is 210 g/mol. The normalized spacial score (nSPS) is 18.5. The van der Waals surface area contributed by atoms with Crippen LogP contribution in [0.3, 0.4) is 0 Å². The molecule has 1 aliphatic heterocycles. The Morgan fingerprint density at radius 2 is 2.27 bits per heavy atom. The summed E-state index contributed by atoms with van der Waals surface area (Å²) in [5, 5.41) is 7.83. The van der Waals surface area contributed by atoms with E-state index in [0.29, 0.717) is 6.61 Å². The van der Waals surface area contributed by atoms with Crippen molar-refractivity contribution in [2.24, 2.45) is 11.5 Å². The minimum absolute atomic E-state index is 0.236. The van der Waals surface area contributed by atoms with Gasteiger partial charge in [-0.2, -0.15) is 0 Å². The Kier molecular flexibility index (Phi) is 5.75. The van der Waals surface area contributed by atoms with E-state index in [1.165, 1.54) is 0 Å². The molecule has 0 unspecified atom stereocenters. The van der Waals surface area contributed by atoms with E-state index in [9.17, 15) is 14.4 Å². The first-order valence-electron chi connectivity index (χ1n) is 3.74. The quantitative estimate of drug-likeness (QED) is 0.403. The highest BCUT2D eigenvalue weighted by molar-refractivity contribution is 5.81. The number of carboxylic acid groups (broad SMARTS) is 1. The van der Waals surface area contributed by atoms with Gasteiger partial charge < -0.3 is 21.3 Å². The van der Waals surface area contributed by atoms with Crippen LogP contribution in [0.2, 0.25) is 0 Å². The molecule has 0 spiro atoms. The van der Waals surface area contributed by atoms with Crippen molar-refractivity contribution in [2.75, 3.05) is 13.2 Å². The number of rotatable bonds is 2. The van der Waals surface area contributed by atoms with Crippen molar-refractivity contribution in [2.45, 2.75) is 6.04 Å². The highest BCUT2D eigenvalue weighted by Gasteiger charge is 2.19. The standard InChI is InChI=1S/C3H6N2O2.C3H5NO4/c4-2-1-7-5-3(2)6;4-3(7)8-1-2(5)6/h2H,1,4H2,(H,5,6);1H2,(H2,4,7)(H,5,6)/t2-;/m1./s1. The molecule has 0 aromatic carbocycles. The largest absolute Gasteiger partial charge is 0.479 e. The monoisotopic (exact) mass is 221 g/mol. The van der Waals surface area contributed by atoms with Crippen LogP contribution in [0.5, 0.6) is 0 Å². The Bertz CT molecular complexity index is 241. The average molecular weight is 221 g/mol. The first kappa shape index (κ1) is 13.1. The van der Waals surface area contributed by atoms with Gasteiger partial charge in [0, 0.05) is 0 Å². The Morgan fingerprint density at radius 3 is 2.40 bits per heavy atom. The Hall–Kier alpha value is -1.87. The SMILES string of the molecule is NC(=O)OCC(=O)O.N[C@@H]1CONC1=O. The summed E-state index contributed by atoms with van der Waals surface area (Å²) >= 11 is 0. The summed E-state index contributed by atoms with van der Waals surface area (Å²) in [6.07, 6.45) is -1.08. The van der Waals surface area contributed by atoms with Crippen molar-refractivity contribution in [1.29, 1.82) is 0 Å². The summed E-state index contributed by atoms with van der Waals surface area (Å²) in [6, 6.07) is -0.458. The number of amides is 2. The third kappa shape index (κ3) is 7.22. The Balaban J connectivity index is 0.000000262. The molecule has 0 bridgehead atoms. The maximum atomic E-state index is 10.2. The van der Waals surface area contributed by atoms with Gasteiger partial charge in [-0.05, 0) is 0 Å². The fraction of sp³-hybridized carbons (Fsp3) is 0.500. The predicted octanol–water partition coefficient (Wildman–Crippen LogP) is -2.46. The van der Waals surface area contributed by atoms with Crippen molar-refractivity contribution in [3.8, 4) is 0 Å². The van der Waals surface area contributed by atoms with E-state index in [0.717, 1.165) is 0 Å². The van der Waals surface area contributed by atoms with E-state index >= 15 is 0 Å². The molecule has 86 valence electrons. The molecule has 6 N–H and O–H groups in total. The van der Waals surface area contributed by atoms with Gasteiger partial charge in [-0.15, -0.1) is 0 Å². The van der Waals surface area contributed by atoms with Crippen LogP contribution in [0.1, 0.15) is 0 Å². The van der Waals surface area contributed by atoms with Gasteiger partial charge >= 0.3 is 12.1 Å². The van der Waals surface area contributed by atoms with Crippen LogP contribution in [-0.4, -0.2) is 42.3 Å². The van der Waals surface area contributed by atoms with Crippen LogP contribution in [0.15, 0.2) is 0 Å². The number of aliphatic carboxylic acids is 1. The van der Waals surface area contributed by atoms with Gasteiger partial charge in [0.15, 0.2) is 6.61 Å². The highest BCUT2D eigenvalue weighted by Crippen LogP contribution is 1.87. The number of hydrogen-bond acceptors (Lipinski definition) is 6. The van der Waals surface area contributed by atoms with Gasteiger partial charge in [-0.3, -0.25) is 9.63 Å². The molecule has 1 aliphatic rings. The minimum atomic E-state index is -1.22. The van der Waals surface area contributed by atoms with Crippen LogP contribution in [0.4, 0.5) is 4.79 Å². The first-order valence-corrected chi connectivity index (χ1v) is 3.74. The van der Waals surface area contributed by atoms with Gasteiger partial charge in [-0.1, -0.05) is 0 Å². The molecule has 0 aliphatic carbocycles. The number of ether oxygens (including phenoxy) is 1. The molecule has 1 rings (SSSR count). The number of hydroxylamine groups is 1. The molecule has 0 saturated carbocycles. The Labute approximate surface area is 84.3 Å². The van der Waals surface area contributed by atoms with E-state index in [-0.39, 0.29) is 5.91 Å². The van der Waals surface area contributed by atoms with E-state index in [1.54, 1.807) is 0 Å². The number of carbonyl (C=O) groups excluding carboxylic acids is 2. The summed E-state index contributed by atoms with van der Waals surface area (Å²) in [5.74, 6) is -1.45. The number of carbonyl (C=O) groups is 3. The maximum Gasteiger partial charge on any atom is 0.405 e. The zero-order valence-electron chi connectivity index (χ0n) is 7.63. The molecule has 9 nitrogen and oxygen atoms in total. The summed E-state index contributed by atoms with van der Waals surface area (Å²) in [7, 11) is 0. The number of nitrogens with one attached hydrogen (secondary N) is 1. The molecule has 1 atom stereocenters. The first-order chi connectivity index (χ1) is 6.93. The number of hydrogen-bond donors (Lipinski definition) is 4. The summed E-state index contributed by atoms with van der Waals surface area (Å²) < 4.78 is 3.84. The minimum Gasteiger partial charge on any atom is -0.479 e. The Morgan fingerprint density at radius 1 is 1.67 bits per heavy atom. The number of carboxylic acids is 1. The fourth-order valence-electron chi connectivity index (χ4n) is 0.487. The van der Waals surface area contributed by atoms with E-state index < -0.39 is 24.7 Å². The molecule has 9 heteroatoms. The molecule has 2 amide bonds. The second-order valence-corrected chi connectivity index (χ2v) is 2.39. The second-order valence-electron chi connectivity index (χ2n) is 2.39. The summed E-state index contributed by atoms with van der Waals surface area (Å²) in [5.41, 5.74) is 11.7. The molecule has 0 aromatic heterocycles. The van der Waals surface area contributed by atoms with Gasteiger partial charge in [-0.25, -0.2) is 15.1 Å². The smallest absolute Gasteiger partial charge is 0.405 e. The molecule has 1 fully saturated rings. The van der Waals surface area contributed by atoms with Crippen LogP contribution in [-0.2, 0) is 19.2 Å². The van der Waals surface area contributed by atoms with Gasteiger partial charge in [0.2, 0.25) is 0 Å². The molecule has 1 heterocycles. The lowest BCUT2D eigenvalue weighted by molar-refractivity contribution is -0.140. The van der Waals surface area contributed by atoms with Crippen LogP contribution in [0.25, 0.3) is 0 Å². The fourth-order valence-corrected chi connectivity index (χ4v) is 0.487. The zero-order chi connectivity index (χ0) is 11.8. The van der Waals surface area contributed by atoms with E-state index in [2.05, 4.69) is 20.8 Å². The lowest BCUT2D eigenvalue weighted by Crippen LogP contribution is -2.31. The average Bonchev–Trinajstić information content (AvgIpc) is 2.49. The van der Waals surface area contributed by atoms with Gasteiger partial charge in [0.1, 0.15) is 6.04 Å². The third-order valence-electron chi connectivity index (χ3n) is 1.11. The van der Waals surface area contributed by atoms with Crippen molar-refractivity contribution < 1.29 is 29.1 Å². The molecule has 1 saturated heterocycles. The maximum absolute atomic E-state index is 10.2. The molecule has 0 aromatic rings. The third-order valence-corrected chi connectivity index (χ3v) is 1.11. The van der Waals surface area contributed by atoms with Crippen molar-refractivity contribution in [3.05, 3.63) is 0 Å². The van der Waals surface area contributed by atoms with Crippen LogP contribution >= 0.6 is 0 Å². The summed E-state index contributed by atoms with van der Waals surface area (Å²) in [6.45, 7) is -0.381. The predicted molar refractivity (Wildman–Crippen MR) is 45.2 cm³/mol. The van der Waals surface area contributed by atoms with Crippen LogP contribution in [0, 0.1) is 0 Å². The molecular formula is C6H11N3O6. The number of primary amides is 1. The van der Waals surface area contributed by atoms with Crippen molar-refractivity contribution >= 4 is 18.0 Å². The van der Waals surface area contributed by atoms with Gasteiger partial charge in [0.25, 0.3) is 5.91 Å². The zero-order valence-corrected chi connectivity index (χ0v) is 7.63. The van der Waals surface area contributed by atoms with Crippen LogP contribution < -0.4 is 16.9 Å². The highest BCUT2D eigenvalue weighted by atomic mass is 16.7. The van der Waals surface area contributed by atoms with Gasteiger partial charge in [0.05, 0.1) is 6.61 Å². The number of nitrogens with two attached hydrogens (primary N) is 2. The summed E-state index contributed by atoms with van der Waals surface area (Å²) in [4.78, 5) is 33.9. The second kappa shape index (κ2) is 6.56. The van der Waals surface area contributed by atoms with E-state index in [4.69, 9.17) is 10.8 Å². The molecule has 0 radical (unpaired) electrons. The topological polar surface area (TPSA) is 154 Å². The van der Waals surface area contributed by atoms with E-state index in [1.807, 2.05) is 0 Å². The molecule has 15 heavy (non-hydrogen) atoms. The lowest BCUT2D eigenvalue weighted by Gasteiger charge is -1.92. The lowest BCUT2D eigenvalue weighted by atomic mass is 10.3. The van der Waals surface area contributed by atoms with Crippen molar-refractivity contribution in [1.82, 2.24) is 5.48 Å².